The first-order valence-corrected chi connectivity index (χ1v) is 22.2. The van der Waals surface area contributed by atoms with Crippen molar-refractivity contribution < 1.29 is 0 Å². The zero-order valence-electron chi connectivity index (χ0n) is 35.4. The monoisotopic (exact) mass is 802 g/mol. The van der Waals surface area contributed by atoms with E-state index < -0.39 is 0 Å². The van der Waals surface area contributed by atoms with E-state index in [1.807, 2.05) is 11.3 Å². The van der Waals surface area contributed by atoms with Crippen LogP contribution >= 0.6 is 11.3 Å². The van der Waals surface area contributed by atoms with E-state index in [4.69, 9.17) is 0 Å². The molecule has 3 nitrogen and oxygen atoms in total. The second-order valence-corrected chi connectivity index (χ2v) is 20.0. The Kier molecular flexibility index (Phi) is 7.72. The van der Waals surface area contributed by atoms with Gasteiger partial charge in [-0.2, -0.15) is 0 Å². The lowest BCUT2D eigenvalue weighted by atomic mass is 9.58. The van der Waals surface area contributed by atoms with E-state index in [0.29, 0.717) is 0 Å². The molecule has 1 N–H and O–H groups in total. The van der Waals surface area contributed by atoms with Crippen molar-refractivity contribution in [2.45, 2.75) is 52.4 Å². The largest absolute Gasteiger partial charge is 0.355 e. The fourth-order valence-electron chi connectivity index (χ4n) is 9.95. The lowest BCUT2D eigenvalue weighted by Gasteiger charge is -2.27. The first-order valence-electron chi connectivity index (χ1n) is 21.4. The van der Waals surface area contributed by atoms with E-state index in [2.05, 4.69) is 221 Å². The van der Waals surface area contributed by atoms with Crippen LogP contribution in [0.1, 0.15) is 52.7 Å². The summed E-state index contributed by atoms with van der Waals surface area (Å²) in [4.78, 5) is 0. The summed E-state index contributed by atoms with van der Waals surface area (Å²) in [6.45, 7) is 13.8. The molecule has 0 bridgehead atoms. The predicted octanol–water partition coefficient (Wildman–Crippen LogP) is 14.2. The highest BCUT2D eigenvalue weighted by molar-refractivity contribution is 7.25. The molecule has 12 rings (SSSR count). The van der Waals surface area contributed by atoms with Gasteiger partial charge in [0.05, 0.1) is 27.8 Å². The normalized spacial score (nSPS) is 12.9. The van der Waals surface area contributed by atoms with E-state index in [1.165, 1.54) is 108 Å². The van der Waals surface area contributed by atoms with Crippen LogP contribution in [0, 0.1) is 0 Å². The summed E-state index contributed by atoms with van der Waals surface area (Å²) in [5, 5.41) is 11.6. The molecule has 0 aliphatic carbocycles. The number of thiophene rings is 1. The Morgan fingerprint density at radius 2 is 1.07 bits per heavy atom. The maximum absolute atomic E-state index is 3.99. The minimum Gasteiger partial charge on any atom is -0.355 e. The van der Waals surface area contributed by atoms with Gasteiger partial charge in [0.25, 0.3) is 0 Å². The summed E-state index contributed by atoms with van der Waals surface area (Å²) in [6, 6.07) is 59.2. The third-order valence-corrected chi connectivity index (χ3v) is 14.2. The number of nitrogens with zero attached hydrogens (tertiary/aromatic N) is 2. The summed E-state index contributed by atoms with van der Waals surface area (Å²) >= 11 is 1.87. The van der Waals surface area contributed by atoms with Crippen LogP contribution in [-0.4, -0.2) is 16.4 Å². The Hall–Kier alpha value is -6.56. The predicted molar refractivity (Wildman–Crippen MR) is 266 cm³/mol. The van der Waals surface area contributed by atoms with Gasteiger partial charge in [0.1, 0.15) is 0 Å². The molecular formula is C56H45BN3S. The number of hydrogen-bond acceptors (Lipinski definition) is 2. The highest BCUT2D eigenvalue weighted by Gasteiger charge is 2.31. The molecule has 5 heteroatoms. The van der Waals surface area contributed by atoms with E-state index >= 15 is 0 Å². The van der Waals surface area contributed by atoms with Crippen molar-refractivity contribution in [1.82, 2.24) is 9.13 Å². The molecule has 1 aliphatic rings. The van der Waals surface area contributed by atoms with Crippen molar-refractivity contribution in [2.75, 3.05) is 5.32 Å². The molecule has 0 spiro atoms. The summed E-state index contributed by atoms with van der Waals surface area (Å²) in [6.07, 6.45) is 0. The van der Waals surface area contributed by atoms with E-state index in [0.717, 1.165) is 11.4 Å². The Morgan fingerprint density at radius 3 is 1.74 bits per heavy atom. The summed E-state index contributed by atoms with van der Waals surface area (Å²) in [7, 11) is 2.48. The molecule has 1 radical (unpaired) electrons. The summed E-state index contributed by atoms with van der Waals surface area (Å²) in [5.74, 6) is 0. The van der Waals surface area contributed by atoms with E-state index in [1.54, 1.807) is 0 Å². The SMILES string of the molecule is CC(C)(C)c1ccc(Nc2cc3sc4ccccc4c3cc2-c2cc(-n3c4ccccc4c4ccccc43)c3c4ccccc4n4c3c2[B]c2cc(C(C)(C)C)ccc2-4)cc1. The number of fused-ring (bicyclic) bond motifs is 11. The van der Waals surface area contributed by atoms with Crippen LogP contribution in [0.4, 0.5) is 11.4 Å². The second kappa shape index (κ2) is 13.0. The molecule has 4 heterocycles. The van der Waals surface area contributed by atoms with Crippen LogP contribution in [-0.2, 0) is 10.8 Å². The molecule has 61 heavy (non-hydrogen) atoms. The van der Waals surface area contributed by atoms with Crippen molar-refractivity contribution in [3.8, 4) is 22.5 Å². The first-order chi connectivity index (χ1) is 29.5. The number of para-hydroxylation sites is 3. The molecule has 293 valence electrons. The quantitative estimate of drug-likeness (QED) is 0.176. The van der Waals surface area contributed by atoms with Crippen LogP contribution < -0.4 is 16.2 Å². The number of anilines is 2. The van der Waals surface area contributed by atoms with Crippen molar-refractivity contribution in [3.63, 3.8) is 0 Å². The third kappa shape index (κ3) is 5.49. The smallest absolute Gasteiger partial charge is 0.197 e. The Balaban J connectivity index is 1.24. The van der Waals surface area contributed by atoms with E-state index in [-0.39, 0.29) is 10.8 Å². The third-order valence-electron chi connectivity index (χ3n) is 13.0. The lowest BCUT2D eigenvalue weighted by Crippen LogP contribution is -2.38. The molecule has 0 amide bonds. The Bertz CT molecular complexity index is 3550. The zero-order chi connectivity index (χ0) is 41.4. The van der Waals surface area contributed by atoms with Gasteiger partial charge < -0.3 is 14.5 Å². The van der Waals surface area contributed by atoms with Crippen molar-refractivity contribution >= 4 is 105 Å². The fourth-order valence-corrected chi connectivity index (χ4v) is 11.1. The van der Waals surface area contributed by atoms with Gasteiger partial charge in [-0.15, -0.1) is 11.3 Å². The highest BCUT2D eigenvalue weighted by Crippen LogP contribution is 2.46. The molecule has 8 aromatic carbocycles. The van der Waals surface area contributed by atoms with Crippen molar-refractivity contribution in [2.24, 2.45) is 0 Å². The first kappa shape index (κ1) is 36.3. The molecule has 0 atom stereocenters. The minimum atomic E-state index is 0.00508. The highest BCUT2D eigenvalue weighted by atomic mass is 32.1. The number of hydrogen-bond donors (Lipinski definition) is 1. The van der Waals surface area contributed by atoms with Crippen LogP contribution in [0.5, 0.6) is 0 Å². The van der Waals surface area contributed by atoms with Gasteiger partial charge in [-0.05, 0) is 93.6 Å². The number of aromatic nitrogens is 2. The van der Waals surface area contributed by atoms with Gasteiger partial charge >= 0.3 is 0 Å². The van der Waals surface area contributed by atoms with Crippen LogP contribution in [0.3, 0.4) is 0 Å². The van der Waals surface area contributed by atoms with Crippen LogP contribution in [0.2, 0.25) is 0 Å². The molecule has 0 fully saturated rings. The lowest BCUT2D eigenvalue weighted by molar-refractivity contribution is 0.590. The van der Waals surface area contributed by atoms with Gasteiger partial charge in [-0.25, -0.2) is 0 Å². The molecule has 0 saturated carbocycles. The van der Waals surface area contributed by atoms with Gasteiger partial charge in [0.2, 0.25) is 0 Å². The number of benzene rings is 8. The summed E-state index contributed by atoms with van der Waals surface area (Å²) < 4.78 is 7.65. The van der Waals surface area contributed by atoms with Crippen molar-refractivity contribution in [1.29, 1.82) is 0 Å². The zero-order valence-corrected chi connectivity index (χ0v) is 36.2. The fraction of sp³-hybridized carbons (Fsp3) is 0.143. The average molecular weight is 803 g/mol. The molecule has 11 aromatic rings. The van der Waals surface area contributed by atoms with Gasteiger partial charge in [-0.1, -0.05) is 144 Å². The average Bonchev–Trinajstić information content (AvgIpc) is 3.92. The van der Waals surface area contributed by atoms with Gasteiger partial charge in [0, 0.05) is 64.3 Å². The summed E-state index contributed by atoms with van der Waals surface area (Å²) in [5.41, 5.74) is 17.0. The maximum atomic E-state index is 3.99. The van der Waals surface area contributed by atoms with Crippen molar-refractivity contribution in [3.05, 3.63) is 169 Å². The molecule has 0 unspecified atom stereocenters. The standard InChI is InChI=1S/C56H45BN3S/c1-55(2,3)33-23-26-35(27-24-33)58-44-32-51-41(38-17-10-14-22-50(38)61-51)30-40(44)42-31-49(59-45-19-11-7-15-36(45)37-16-8-12-20-46(37)59)52-39-18-9-13-21-47(39)60-48-28-25-34(56(4,5)6)29-43(48)57-53(42)54(52)60/h7-32,58H,1-6H3. The number of rotatable bonds is 4. The van der Waals surface area contributed by atoms with Gasteiger partial charge in [0.15, 0.2) is 7.28 Å². The molecule has 1 aliphatic heterocycles. The van der Waals surface area contributed by atoms with Gasteiger partial charge in [-0.3, -0.25) is 0 Å². The molecule has 0 saturated heterocycles. The Morgan fingerprint density at radius 1 is 0.475 bits per heavy atom. The second-order valence-electron chi connectivity index (χ2n) is 18.9. The Labute approximate surface area is 361 Å². The topological polar surface area (TPSA) is 21.9 Å². The maximum Gasteiger partial charge on any atom is 0.197 e. The molecule has 3 aromatic heterocycles. The van der Waals surface area contributed by atoms with Crippen LogP contribution in [0.15, 0.2) is 158 Å². The van der Waals surface area contributed by atoms with E-state index in [9.17, 15) is 0 Å². The minimum absolute atomic E-state index is 0.00508. The number of nitrogens with one attached hydrogen (secondary N) is 1. The van der Waals surface area contributed by atoms with Crippen LogP contribution in [0.25, 0.3) is 86.3 Å². The molecular weight excluding hydrogens is 758 g/mol.